The van der Waals surface area contributed by atoms with Gasteiger partial charge in [0.05, 0.1) is 13.7 Å². The summed E-state index contributed by atoms with van der Waals surface area (Å²) in [5.41, 5.74) is 2.23. The molecule has 0 amide bonds. The van der Waals surface area contributed by atoms with Crippen LogP contribution in [0.3, 0.4) is 0 Å². The van der Waals surface area contributed by atoms with Crippen LogP contribution in [0.1, 0.15) is 18.9 Å². The van der Waals surface area contributed by atoms with Crippen LogP contribution in [0.15, 0.2) is 30.4 Å². The highest BCUT2D eigenvalue weighted by Gasteiger charge is 2.09. The molecule has 1 rings (SSSR count). The van der Waals surface area contributed by atoms with Gasteiger partial charge in [-0.05, 0) is 20.0 Å². The minimum atomic E-state index is 0.631. The summed E-state index contributed by atoms with van der Waals surface area (Å²) in [7, 11) is 3.57. The molecule has 0 saturated heterocycles. The molecule has 0 spiro atoms. The third-order valence-corrected chi connectivity index (χ3v) is 2.42. The van der Waals surface area contributed by atoms with Crippen molar-refractivity contribution in [2.24, 2.45) is 0 Å². The second-order valence-electron chi connectivity index (χ2n) is 4.03. The summed E-state index contributed by atoms with van der Waals surface area (Å²) in [6.45, 7) is 7.26. The molecule has 0 saturated carbocycles. The van der Waals surface area contributed by atoms with Crippen molar-refractivity contribution in [2.45, 2.75) is 19.9 Å². The first-order chi connectivity index (χ1) is 8.19. The molecule has 0 aromatic heterocycles. The second kappa shape index (κ2) is 6.97. The molecule has 0 aliphatic rings. The Kier molecular flexibility index (Phi) is 5.57. The smallest absolute Gasteiger partial charge is 0.165 e. The van der Waals surface area contributed by atoms with Crippen LogP contribution in [0, 0.1) is 0 Å². The Morgan fingerprint density at radius 2 is 2.18 bits per heavy atom. The van der Waals surface area contributed by atoms with Gasteiger partial charge in [0.25, 0.3) is 0 Å². The number of methoxy groups -OCH3 is 1. The molecule has 3 nitrogen and oxygen atoms in total. The van der Waals surface area contributed by atoms with Crippen molar-refractivity contribution in [2.75, 3.05) is 20.8 Å². The molecule has 17 heavy (non-hydrogen) atoms. The van der Waals surface area contributed by atoms with Gasteiger partial charge in [0.1, 0.15) is 0 Å². The van der Waals surface area contributed by atoms with Crippen LogP contribution >= 0.6 is 0 Å². The number of benzene rings is 1. The van der Waals surface area contributed by atoms with Crippen molar-refractivity contribution in [3.05, 3.63) is 35.9 Å². The molecular weight excluding hydrogens is 214 g/mol. The highest BCUT2D eigenvalue weighted by molar-refractivity contribution is 5.46. The van der Waals surface area contributed by atoms with E-state index in [0.29, 0.717) is 6.61 Å². The minimum Gasteiger partial charge on any atom is -0.493 e. The quantitative estimate of drug-likeness (QED) is 0.737. The van der Waals surface area contributed by atoms with Crippen LogP contribution < -0.4 is 14.8 Å². The van der Waals surface area contributed by atoms with Crippen LogP contribution in [0.4, 0.5) is 0 Å². The van der Waals surface area contributed by atoms with Crippen LogP contribution in [0.5, 0.6) is 11.5 Å². The second-order valence-corrected chi connectivity index (χ2v) is 4.03. The van der Waals surface area contributed by atoms with E-state index in [1.807, 2.05) is 32.2 Å². The van der Waals surface area contributed by atoms with Crippen LogP contribution in [0.2, 0.25) is 0 Å². The Morgan fingerprint density at radius 1 is 1.41 bits per heavy atom. The van der Waals surface area contributed by atoms with Gasteiger partial charge in [-0.3, -0.25) is 0 Å². The van der Waals surface area contributed by atoms with E-state index < -0.39 is 0 Å². The summed E-state index contributed by atoms with van der Waals surface area (Å²) in [6.07, 6.45) is 0.858. The Labute approximate surface area is 103 Å². The van der Waals surface area contributed by atoms with Crippen molar-refractivity contribution in [3.8, 4) is 11.5 Å². The fraction of sp³-hybridized carbons (Fsp3) is 0.429. The maximum Gasteiger partial charge on any atom is 0.165 e. The standard InChI is InChI=1S/C14H21NO2/c1-11(2)8-9-17-14-12(10-15-3)6-5-7-13(14)16-4/h5-7,15H,1,8-10H2,2-4H3. The normalized spacial score (nSPS) is 10.1. The molecule has 0 unspecified atom stereocenters. The van der Waals surface area contributed by atoms with Crippen LogP contribution in [0.25, 0.3) is 0 Å². The zero-order chi connectivity index (χ0) is 12.7. The predicted octanol–water partition coefficient (Wildman–Crippen LogP) is 2.76. The van der Waals surface area contributed by atoms with Gasteiger partial charge in [-0.15, -0.1) is 6.58 Å². The fourth-order valence-corrected chi connectivity index (χ4v) is 1.54. The Bertz CT molecular complexity index is 374. The lowest BCUT2D eigenvalue weighted by molar-refractivity contribution is 0.294. The molecule has 0 atom stereocenters. The van der Waals surface area contributed by atoms with Crippen molar-refractivity contribution in [3.63, 3.8) is 0 Å². The number of ether oxygens (including phenoxy) is 2. The summed E-state index contributed by atoms with van der Waals surface area (Å²) >= 11 is 0. The maximum absolute atomic E-state index is 5.80. The van der Waals surface area contributed by atoms with Crippen molar-refractivity contribution >= 4 is 0 Å². The number of rotatable bonds is 7. The van der Waals surface area contributed by atoms with E-state index in [2.05, 4.69) is 11.9 Å². The molecular formula is C14H21NO2. The third-order valence-electron chi connectivity index (χ3n) is 2.42. The number of hydrogen-bond donors (Lipinski definition) is 1. The van der Waals surface area contributed by atoms with Crippen LogP contribution in [-0.2, 0) is 6.54 Å². The zero-order valence-corrected chi connectivity index (χ0v) is 10.9. The van der Waals surface area contributed by atoms with Crippen molar-refractivity contribution < 1.29 is 9.47 Å². The predicted molar refractivity (Wildman–Crippen MR) is 70.7 cm³/mol. The fourth-order valence-electron chi connectivity index (χ4n) is 1.54. The summed E-state index contributed by atoms with van der Waals surface area (Å²) in [5, 5.41) is 3.12. The molecule has 0 heterocycles. The van der Waals surface area contributed by atoms with Gasteiger partial charge >= 0.3 is 0 Å². The zero-order valence-electron chi connectivity index (χ0n) is 10.9. The van der Waals surface area contributed by atoms with Gasteiger partial charge in [-0.2, -0.15) is 0 Å². The lowest BCUT2D eigenvalue weighted by Gasteiger charge is -2.14. The highest BCUT2D eigenvalue weighted by Crippen LogP contribution is 2.31. The molecule has 0 fully saturated rings. The molecule has 0 bridgehead atoms. The molecule has 1 aromatic rings. The van der Waals surface area contributed by atoms with Gasteiger partial charge in [0.15, 0.2) is 11.5 Å². The SMILES string of the molecule is C=C(C)CCOc1c(CNC)cccc1OC. The average Bonchev–Trinajstić information content (AvgIpc) is 2.30. The van der Waals surface area contributed by atoms with Crippen LogP contribution in [-0.4, -0.2) is 20.8 Å². The van der Waals surface area contributed by atoms with Gasteiger partial charge in [-0.25, -0.2) is 0 Å². The monoisotopic (exact) mass is 235 g/mol. The van der Waals surface area contributed by atoms with Crippen molar-refractivity contribution in [1.82, 2.24) is 5.32 Å². The van der Waals surface area contributed by atoms with E-state index in [9.17, 15) is 0 Å². The first kappa shape index (κ1) is 13.6. The highest BCUT2D eigenvalue weighted by atomic mass is 16.5. The van der Waals surface area contributed by atoms with Gasteiger partial charge in [-0.1, -0.05) is 17.7 Å². The average molecular weight is 235 g/mol. The topological polar surface area (TPSA) is 30.5 Å². The minimum absolute atomic E-state index is 0.631. The summed E-state index contributed by atoms with van der Waals surface area (Å²) < 4.78 is 11.1. The first-order valence-corrected chi connectivity index (χ1v) is 5.76. The lowest BCUT2D eigenvalue weighted by atomic mass is 10.2. The maximum atomic E-state index is 5.80. The molecule has 0 aliphatic carbocycles. The largest absolute Gasteiger partial charge is 0.493 e. The first-order valence-electron chi connectivity index (χ1n) is 5.76. The molecule has 1 aromatic carbocycles. The number of hydrogen-bond acceptors (Lipinski definition) is 3. The summed E-state index contributed by atoms with van der Waals surface area (Å²) in [5.74, 6) is 1.60. The Balaban J connectivity index is 2.80. The van der Waals surface area contributed by atoms with E-state index in [0.717, 1.165) is 35.6 Å². The van der Waals surface area contributed by atoms with E-state index in [1.165, 1.54) is 0 Å². The summed E-state index contributed by atoms with van der Waals surface area (Å²) in [6, 6.07) is 5.92. The third kappa shape index (κ3) is 4.11. The van der Waals surface area contributed by atoms with E-state index in [-0.39, 0.29) is 0 Å². The lowest BCUT2D eigenvalue weighted by Crippen LogP contribution is -2.09. The van der Waals surface area contributed by atoms with E-state index in [4.69, 9.17) is 9.47 Å². The van der Waals surface area contributed by atoms with Crippen molar-refractivity contribution in [1.29, 1.82) is 0 Å². The van der Waals surface area contributed by atoms with Gasteiger partial charge in [0.2, 0.25) is 0 Å². The molecule has 1 N–H and O–H groups in total. The van der Waals surface area contributed by atoms with Gasteiger partial charge in [0, 0.05) is 18.5 Å². The molecule has 0 aliphatic heterocycles. The summed E-state index contributed by atoms with van der Waals surface area (Å²) in [4.78, 5) is 0. The Morgan fingerprint density at radius 3 is 2.76 bits per heavy atom. The molecule has 94 valence electrons. The van der Waals surface area contributed by atoms with E-state index >= 15 is 0 Å². The van der Waals surface area contributed by atoms with E-state index in [1.54, 1.807) is 7.11 Å². The molecule has 3 heteroatoms. The van der Waals surface area contributed by atoms with Gasteiger partial charge < -0.3 is 14.8 Å². The number of nitrogens with one attached hydrogen (secondary N) is 1. The molecule has 0 radical (unpaired) electrons. The number of para-hydroxylation sites is 1. The Hall–Kier alpha value is -1.48.